The summed E-state index contributed by atoms with van der Waals surface area (Å²) in [6.07, 6.45) is 4.98. The Morgan fingerprint density at radius 3 is 2.81 bits per heavy atom. The maximum atomic E-state index is 5.92. The molecule has 2 rings (SSSR count). The van der Waals surface area contributed by atoms with Crippen LogP contribution in [0, 0.1) is 0 Å². The Hall–Kier alpha value is -1.06. The SMILES string of the molecule is CCCNC(CC)c1cccc(OCCN(C)C2CC2)c1. The van der Waals surface area contributed by atoms with E-state index in [1.807, 2.05) is 0 Å². The summed E-state index contributed by atoms with van der Waals surface area (Å²) in [6.45, 7) is 7.28. The fourth-order valence-electron chi connectivity index (χ4n) is 2.64. The quantitative estimate of drug-likeness (QED) is 0.712. The first-order chi connectivity index (χ1) is 10.2. The van der Waals surface area contributed by atoms with Gasteiger partial charge in [0.25, 0.3) is 0 Å². The van der Waals surface area contributed by atoms with Crippen LogP contribution in [-0.2, 0) is 0 Å². The molecule has 1 saturated carbocycles. The minimum Gasteiger partial charge on any atom is -0.492 e. The largest absolute Gasteiger partial charge is 0.492 e. The summed E-state index contributed by atoms with van der Waals surface area (Å²) in [5, 5.41) is 3.60. The van der Waals surface area contributed by atoms with Crippen LogP contribution in [0.15, 0.2) is 24.3 Å². The van der Waals surface area contributed by atoms with E-state index in [1.54, 1.807) is 0 Å². The van der Waals surface area contributed by atoms with E-state index in [1.165, 1.54) is 24.8 Å². The second-order valence-corrected chi connectivity index (χ2v) is 6.05. The average Bonchev–Trinajstić information content (AvgIpc) is 3.33. The van der Waals surface area contributed by atoms with E-state index < -0.39 is 0 Å². The van der Waals surface area contributed by atoms with E-state index in [-0.39, 0.29) is 0 Å². The summed E-state index contributed by atoms with van der Waals surface area (Å²) in [5.41, 5.74) is 1.33. The Kier molecular flexibility index (Phi) is 6.52. The van der Waals surface area contributed by atoms with Gasteiger partial charge in [0.1, 0.15) is 12.4 Å². The van der Waals surface area contributed by atoms with Crippen molar-refractivity contribution in [3.8, 4) is 5.75 Å². The molecule has 0 bridgehead atoms. The Balaban J connectivity index is 1.83. The average molecular weight is 290 g/mol. The molecule has 1 atom stereocenters. The Labute approximate surface area is 129 Å². The third kappa shape index (κ3) is 5.33. The van der Waals surface area contributed by atoms with Gasteiger partial charge in [-0.05, 0) is 57.0 Å². The third-order valence-corrected chi connectivity index (χ3v) is 4.19. The molecule has 1 fully saturated rings. The molecule has 0 radical (unpaired) electrons. The number of rotatable bonds is 10. The Bertz CT molecular complexity index is 417. The summed E-state index contributed by atoms with van der Waals surface area (Å²) in [5.74, 6) is 0.994. The molecule has 118 valence electrons. The fourth-order valence-corrected chi connectivity index (χ4v) is 2.64. The van der Waals surface area contributed by atoms with Crippen molar-refractivity contribution in [3.63, 3.8) is 0 Å². The van der Waals surface area contributed by atoms with E-state index in [9.17, 15) is 0 Å². The van der Waals surface area contributed by atoms with Crippen molar-refractivity contribution in [2.24, 2.45) is 0 Å². The summed E-state index contributed by atoms with van der Waals surface area (Å²) >= 11 is 0. The Morgan fingerprint density at radius 1 is 1.33 bits per heavy atom. The van der Waals surface area contributed by atoms with Gasteiger partial charge in [0, 0.05) is 18.6 Å². The fraction of sp³-hybridized carbons (Fsp3) is 0.667. The number of hydrogen-bond acceptors (Lipinski definition) is 3. The van der Waals surface area contributed by atoms with Crippen molar-refractivity contribution in [1.82, 2.24) is 10.2 Å². The monoisotopic (exact) mass is 290 g/mol. The highest BCUT2D eigenvalue weighted by atomic mass is 16.5. The van der Waals surface area contributed by atoms with Gasteiger partial charge in [-0.3, -0.25) is 0 Å². The van der Waals surface area contributed by atoms with E-state index in [0.717, 1.165) is 37.9 Å². The van der Waals surface area contributed by atoms with E-state index >= 15 is 0 Å². The summed E-state index contributed by atoms with van der Waals surface area (Å²) < 4.78 is 5.92. The molecule has 1 aromatic carbocycles. The number of ether oxygens (including phenoxy) is 1. The van der Waals surface area contributed by atoms with Crippen molar-refractivity contribution in [3.05, 3.63) is 29.8 Å². The van der Waals surface area contributed by atoms with Crippen LogP contribution in [0.4, 0.5) is 0 Å². The molecule has 1 aromatic rings. The van der Waals surface area contributed by atoms with Gasteiger partial charge in [-0.15, -0.1) is 0 Å². The number of benzene rings is 1. The zero-order chi connectivity index (χ0) is 15.1. The smallest absolute Gasteiger partial charge is 0.119 e. The van der Waals surface area contributed by atoms with Crippen molar-refractivity contribution >= 4 is 0 Å². The maximum Gasteiger partial charge on any atom is 0.119 e. The number of nitrogens with one attached hydrogen (secondary N) is 1. The standard InChI is InChI=1S/C18H30N2O/c1-4-11-19-18(5-2)15-7-6-8-17(14-15)21-13-12-20(3)16-9-10-16/h6-8,14,16,18-19H,4-5,9-13H2,1-3H3. The first-order valence-electron chi connectivity index (χ1n) is 8.41. The molecule has 1 aliphatic rings. The lowest BCUT2D eigenvalue weighted by atomic mass is 10.0. The highest BCUT2D eigenvalue weighted by Gasteiger charge is 2.25. The van der Waals surface area contributed by atoms with E-state index in [2.05, 4.69) is 55.4 Å². The lowest BCUT2D eigenvalue weighted by Gasteiger charge is -2.19. The molecule has 21 heavy (non-hydrogen) atoms. The lowest BCUT2D eigenvalue weighted by Crippen LogP contribution is -2.26. The van der Waals surface area contributed by atoms with Gasteiger partial charge >= 0.3 is 0 Å². The molecule has 1 aliphatic carbocycles. The van der Waals surface area contributed by atoms with Crippen molar-refractivity contribution in [1.29, 1.82) is 0 Å². The van der Waals surface area contributed by atoms with Gasteiger partial charge in [-0.1, -0.05) is 26.0 Å². The van der Waals surface area contributed by atoms with Crippen molar-refractivity contribution in [2.45, 2.75) is 51.6 Å². The first kappa shape index (κ1) is 16.3. The zero-order valence-corrected chi connectivity index (χ0v) is 13.8. The normalized spacial score (nSPS) is 16.2. The molecular formula is C18H30N2O. The van der Waals surface area contributed by atoms with Crippen molar-refractivity contribution in [2.75, 3.05) is 26.7 Å². The highest BCUT2D eigenvalue weighted by molar-refractivity contribution is 5.30. The van der Waals surface area contributed by atoms with Crippen LogP contribution in [0.2, 0.25) is 0 Å². The maximum absolute atomic E-state index is 5.92. The molecule has 0 amide bonds. The zero-order valence-electron chi connectivity index (χ0n) is 13.8. The minimum atomic E-state index is 0.433. The number of nitrogens with zero attached hydrogens (tertiary/aromatic N) is 1. The third-order valence-electron chi connectivity index (χ3n) is 4.19. The molecule has 3 heteroatoms. The second-order valence-electron chi connectivity index (χ2n) is 6.05. The summed E-state index contributed by atoms with van der Waals surface area (Å²) in [4.78, 5) is 2.40. The molecule has 0 heterocycles. The molecule has 0 aliphatic heterocycles. The van der Waals surface area contributed by atoms with Gasteiger partial charge in [0.05, 0.1) is 0 Å². The predicted octanol–water partition coefficient (Wildman–Crippen LogP) is 3.61. The van der Waals surface area contributed by atoms with Crippen LogP contribution in [0.1, 0.15) is 51.1 Å². The highest BCUT2D eigenvalue weighted by Crippen LogP contribution is 2.25. The molecule has 1 N–H and O–H groups in total. The first-order valence-corrected chi connectivity index (χ1v) is 8.41. The molecular weight excluding hydrogens is 260 g/mol. The van der Waals surface area contributed by atoms with Gasteiger partial charge in [0.2, 0.25) is 0 Å². The molecule has 0 spiro atoms. The summed E-state index contributed by atoms with van der Waals surface area (Å²) in [7, 11) is 2.19. The van der Waals surface area contributed by atoms with Crippen LogP contribution >= 0.6 is 0 Å². The van der Waals surface area contributed by atoms with Gasteiger partial charge in [-0.2, -0.15) is 0 Å². The molecule has 1 unspecified atom stereocenters. The van der Waals surface area contributed by atoms with E-state index in [4.69, 9.17) is 4.74 Å². The molecule has 0 aromatic heterocycles. The van der Waals surface area contributed by atoms with Crippen LogP contribution in [-0.4, -0.2) is 37.7 Å². The van der Waals surface area contributed by atoms with Crippen LogP contribution < -0.4 is 10.1 Å². The van der Waals surface area contributed by atoms with Crippen molar-refractivity contribution < 1.29 is 4.74 Å². The van der Waals surface area contributed by atoms with Gasteiger partial charge in [0.15, 0.2) is 0 Å². The summed E-state index contributed by atoms with van der Waals surface area (Å²) in [6, 6.07) is 9.79. The lowest BCUT2D eigenvalue weighted by molar-refractivity contribution is 0.231. The van der Waals surface area contributed by atoms with Gasteiger partial charge < -0.3 is 15.0 Å². The number of likely N-dealkylation sites (N-methyl/N-ethyl adjacent to an activating group) is 1. The predicted molar refractivity (Wildman–Crippen MR) is 88.9 cm³/mol. The molecule has 3 nitrogen and oxygen atoms in total. The van der Waals surface area contributed by atoms with Crippen LogP contribution in [0.25, 0.3) is 0 Å². The number of hydrogen-bond donors (Lipinski definition) is 1. The van der Waals surface area contributed by atoms with E-state index in [0.29, 0.717) is 6.04 Å². The molecule has 0 saturated heterocycles. The van der Waals surface area contributed by atoms with Gasteiger partial charge in [-0.25, -0.2) is 0 Å². The second kappa shape index (κ2) is 8.40. The van der Waals surface area contributed by atoms with Crippen LogP contribution in [0.3, 0.4) is 0 Å². The Morgan fingerprint density at radius 2 is 2.14 bits per heavy atom. The topological polar surface area (TPSA) is 24.5 Å². The minimum absolute atomic E-state index is 0.433. The van der Waals surface area contributed by atoms with Crippen LogP contribution in [0.5, 0.6) is 5.75 Å².